The molecule has 0 saturated heterocycles. The maximum absolute atomic E-state index is 12.1. The molecule has 4 N–H and O–H groups in total. The van der Waals surface area contributed by atoms with E-state index in [9.17, 15) is 4.79 Å². The van der Waals surface area contributed by atoms with E-state index >= 15 is 0 Å². The molecule has 0 fully saturated rings. The number of furan rings is 1. The van der Waals surface area contributed by atoms with Crippen LogP contribution in [0.5, 0.6) is 0 Å². The number of carbonyl (C=O) groups is 1. The van der Waals surface area contributed by atoms with E-state index < -0.39 is 11.6 Å². The lowest BCUT2D eigenvalue weighted by molar-refractivity contribution is -0.132. The average molecular weight is 263 g/mol. The van der Waals surface area contributed by atoms with Crippen LogP contribution in [0.2, 0.25) is 0 Å². The molecule has 0 spiro atoms. The topological polar surface area (TPSA) is 95.9 Å². The summed E-state index contributed by atoms with van der Waals surface area (Å²) in [6, 6.07) is 3.52. The van der Waals surface area contributed by atoms with Crippen LogP contribution in [0.4, 0.5) is 0 Å². The Morgan fingerprint density at radius 2 is 2.47 bits per heavy atom. The second-order valence-corrected chi connectivity index (χ2v) is 4.47. The average Bonchev–Trinajstić information content (AvgIpc) is 2.98. The van der Waals surface area contributed by atoms with Gasteiger partial charge >= 0.3 is 0 Å². The summed E-state index contributed by atoms with van der Waals surface area (Å²) < 4.78 is 5.06. The van der Waals surface area contributed by atoms with Gasteiger partial charge in [-0.3, -0.25) is 4.79 Å². The van der Waals surface area contributed by atoms with Gasteiger partial charge in [0.15, 0.2) is 5.66 Å². The van der Waals surface area contributed by atoms with Gasteiger partial charge in [0.05, 0.1) is 12.5 Å². The number of hydrogen-bond donors (Lipinski definition) is 3. The number of hydrazine groups is 1. The lowest BCUT2D eigenvalue weighted by Crippen LogP contribution is -2.65. The molecule has 7 heteroatoms. The first-order valence-electron chi connectivity index (χ1n) is 5.93. The van der Waals surface area contributed by atoms with Crippen LogP contribution in [-0.2, 0) is 4.79 Å². The minimum Gasteiger partial charge on any atom is -0.463 e. The van der Waals surface area contributed by atoms with E-state index in [-0.39, 0.29) is 6.04 Å². The van der Waals surface area contributed by atoms with Gasteiger partial charge in [-0.15, -0.1) is 0 Å². The van der Waals surface area contributed by atoms with Crippen molar-refractivity contribution in [3.8, 4) is 0 Å². The summed E-state index contributed by atoms with van der Waals surface area (Å²) in [5, 5.41) is 5.45. The van der Waals surface area contributed by atoms with E-state index in [1.54, 1.807) is 29.4 Å². The maximum atomic E-state index is 12.1. The highest BCUT2D eigenvalue weighted by Crippen LogP contribution is 2.17. The molecular formula is C12H17N5O2. The van der Waals surface area contributed by atoms with Crippen molar-refractivity contribution in [2.24, 2.45) is 10.8 Å². The molecule has 19 heavy (non-hydrogen) atoms. The van der Waals surface area contributed by atoms with E-state index in [1.165, 1.54) is 12.5 Å². The van der Waals surface area contributed by atoms with Crippen LogP contribution < -0.4 is 16.6 Å². The van der Waals surface area contributed by atoms with E-state index in [0.717, 1.165) is 0 Å². The second-order valence-electron chi connectivity index (χ2n) is 4.47. The van der Waals surface area contributed by atoms with E-state index in [4.69, 9.17) is 10.2 Å². The standard InChI is InChI=1S/C12H17N5O2/c1-9(2)17-12(13,5-6-15-17)11(18)16-14-8-10-4-3-7-19-10/h3-9,15H,13H2,1-2H3,(H,16,18). The summed E-state index contributed by atoms with van der Waals surface area (Å²) >= 11 is 0. The minimum atomic E-state index is -1.26. The zero-order chi connectivity index (χ0) is 13.9. The number of nitrogens with two attached hydrogens (primary N) is 1. The first-order valence-corrected chi connectivity index (χ1v) is 5.93. The van der Waals surface area contributed by atoms with E-state index in [1.807, 2.05) is 13.8 Å². The SMILES string of the molecule is CC(C)N1NC=CC1(N)C(=O)NN=Cc1ccco1. The summed E-state index contributed by atoms with van der Waals surface area (Å²) in [4.78, 5) is 12.1. The molecular weight excluding hydrogens is 246 g/mol. The van der Waals surface area contributed by atoms with Gasteiger partial charge in [-0.1, -0.05) is 0 Å². The van der Waals surface area contributed by atoms with Crippen LogP contribution in [0.1, 0.15) is 19.6 Å². The number of nitrogens with zero attached hydrogens (tertiary/aromatic N) is 2. The minimum absolute atomic E-state index is 0.0554. The van der Waals surface area contributed by atoms with Gasteiger partial charge in [0, 0.05) is 12.2 Å². The highest BCUT2D eigenvalue weighted by molar-refractivity contribution is 5.89. The summed E-state index contributed by atoms with van der Waals surface area (Å²) in [7, 11) is 0. The van der Waals surface area contributed by atoms with Gasteiger partial charge < -0.3 is 15.6 Å². The highest BCUT2D eigenvalue weighted by Gasteiger charge is 2.42. The fraction of sp³-hybridized carbons (Fsp3) is 0.333. The summed E-state index contributed by atoms with van der Waals surface area (Å²) in [6.07, 6.45) is 6.16. The van der Waals surface area contributed by atoms with Gasteiger partial charge in [0.2, 0.25) is 0 Å². The molecule has 2 heterocycles. The molecule has 0 aromatic carbocycles. The quantitative estimate of drug-likeness (QED) is 0.530. The van der Waals surface area contributed by atoms with Gasteiger partial charge in [-0.2, -0.15) is 10.1 Å². The number of hydrazone groups is 1. The third kappa shape index (κ3) is 2.67. The van der Waals surface area contributed by atoms with Crippen molar-refractivity contribution in [1.29, 1.82) is 0 Å². The predicted octanol–water partition coefficient (Wildman–Crippen LogP) is 0.127. The number of carbonyl (C=O) groups excluding carboxylic acids is 1. The molecule has 1 unspecified atom stereocenters. The summed E-state index contributed by atoms with van der Waals surface area (Å²) in [6.45, 7) is 3.86. The molecule has 1 amide bonds. The van der Waals surface area contributed by atoms with Crippen LogP contribution in [0.15, 0.2) is 40.2 Å². The highest BCUT2D eigenvalue weighted by atomic mass is 16.3. The van der Waals surface area contributed by atoms with Crippen LogP contribution in [0.25, 0.3) is 0 Å². The number of hydrogen-bond acceptors (Lipinski definition) is 6. The van der Waals surface area contributed by atoms with Crippen LogP contribution >= 0.6 is 0 Å². The number of rotatable bonds is 4. The van der Waals surface area contributed by atoms with Gasteiger partial charge in [-0.05, 0) is 32.1 Å². The molecule has 1 aliphatic heterocycles. The van der Waals surface area contributed by atoms with Crippen LogP contribution in [-0.4, -0.2) is 28.8 Å². The van der Waals surface area contributed by atoms with Crippen LogP contribution in [0.3, 0.4) is 0 Å². The molecule has 0 saturated carbocycles. The molecule has 7 nitrogen and oxygen atoms in total. The third-order valence-corrected chi connectivity index (χ3v) is 2.73. The van der Waals surface area contributed by atoms with Crippen molar-refractivity contribution in [2.45, 2.75) is 25.6 Å². The normalized spacial score (nSPS) is 23.2. The first-order chi connectivity index (χ1) is 9.04. The fourth-order valence-electron chi connectivity index (χ4n) is 1.80. The monoisotopic (exact) mass is 263 g/mol. The predicted molar refractivity (Wildman–Crippen MR) is 70.6 cm³/mol. The number of nitrogens with one attached hydrogen (secondary N) is 2. The molecule has 1 aromatic rings. The second kappa shape index (κ2) is 5.25. The lowest BCUT2D eigenvalue weighted by Gasteiger charge is -2.34. The zero-order valence-corrected chi connectivity index (χ0v) is 10.8. The van der Waals surface area contributed by atoms with Crippen molar-refractivity contribution >= 4 is 12.1 Å². The Morgan fingerprint density at radius 3 is 3.11 bits per heavy atom. The molecule has 1 aliphatic rings. The molecule has 0 bridgehead atoms. The molecule has 1 aromatic heterocycles. The molecule has 102 valence electrons. The fourth-order valence-corrected chi connectivity index (χ4v) is 1.80. The Bertz CT molecular complexity index is 494. The Labute approximate surface area is 111 Å². The Morgan fingerprint density at radius 1 is 1.68 bits per heavy atom. The smallest absolute Gasteiger partial charge is 0.281 e. The lowest BCUT2D eigenvalue weighted by atomic mass is 10.1. The van der Waals surface area contributed by atoms with Crippen LogP contribution in [0, 0.1) is 0 Å². The van der Waals surface area contributed by atoms with E-state index in [2.05, 4.69) is 16.0 Å². The van der Waals surface area contributed by atoms with Crippen molar-refractivity contribution in [3.05, 3.63) is 36.4 Å². The molecule has 1 atom stereocenters. The zero-order valence-electron chi connectivity index (χ0n) is 10.8. The maximum Gasteiger partial charge on any atom is 0.281 e. The first kappa shape index (κ1) is 13.3. The Kier molecular flexibility index (Phi) is 3.68. The van der Waals surface area contributed by atoms with E-state index in [0.29, 0.717) is 5.76 Å². The van der Waals surface area contributed by atoms with Gasteiger partial charge in [-0.25, -0.2) is 5.43 Å². The summed E-state index contributed by atoms with van der Waals surface area (Å²) in [5.41, 5.74) is 10.1. The largest absolute Gasteiger partial charge is 0.463 e. The van der Waals surface area contributed by atoms with Crippen molar-refractivity contribution < 1.29 is 9.21 Å². The van der Waals surface area contributed by atoms with Crippen molar-refractivity contribution in [2.75, 3.05) is 0 Å². The molecule has 0 aliphatic carbocycles. The Hall–Kier alpha value is -2.12. The van der Waals surface area contributed by atoms with Crippen molar-refractivity contribution in [1.82, 2.24) is 15.9 Å². The summed E-state index contributed by atoms with van der Waals surface area (Å²) in [5.74, 6) is 0.123. The third-order valence-electron chi connectivity index (χ3n) is 2.73. The van der Waals surface area contributed by atoms with Crippen molar-refractivity contribution in [3.63, 3.8) is 0 Å². The van der Waals surface area contributed by atoms with Gasteiger partial charge in [0.25, 0.3) is 5.91 Å². The Balaban J connectivity index is 2.01. The number of amides is 1. The van der Waals surface area contributed by atoms with Gasteiger partial charge in [0.1, 0.15) is 5.76 Å². The molecule has 2 rings (SSSR count). The molecule has 0 radical (unpaired) electrons.